The molecule has 0 radical (unpaired) electrons. The lowest BCUT2D eigenvalue weighted by Gasteiger charge is -2.09. The highest BCUT2D eigenvalue weighted by Crippen LogP contribution is 2.30. The van der Waals surface area contributed by atoms with E-state index in [9.17, 15) is 17.2 Å². The maximum Gasteiger partial charge on any atom is 0.233 e. The Morgan fingerprint density at radius 2 is 2.00 bits per heavy atom. The van der Waals surface area contributed by atoms with Crippen LogP contribution in [-0.4, -0.2) is 19.2 Å². The van der Waals surface area contributed by atoms with Crippen molar-refractivity contribution < 1.29 is 21.9 Å². The van der Waals surface area contributed by atoms with Gasteiger partial charge in [-0.25, -0.2) is 22.2 Å². The van der Waals surface area contributed by atoms with Crippen molar-refractivity contribution in [2.24, 2.45) is 0 Å². The van der Waals surface area contributed by atoms with E-state index in [0.29, 0.717) is 16.1 Å². The number of hydrogen-bond donors (Lipinski definition) is 0. The second kappa shape index (κ2) is 6.70. The van der Waals surface area contributed by atoms with Crippen molar-refractivity contribution in [3.8, 4) is 11.6 Å². The van der Waals surface area contributed by atoms with E-state index in [1.165, 1.54) is 12.3 Å². The fraction of sp³-hybridized carbons (Fsp3) is 0.214. The first-order valence-corrected chi connectivity index (χ1v) is 8.90. The minimum absolute atomic E-state index is 0.0314. The Labute approximate surface area is 135 Å². The van der Waals surface area contributed by atoms with Gasteiger partial charge in [-0.1, -0.05) is 6.92 Å². The molecule has 0 spiro atoms. The van der Waals surface area contributed by atoms with Crippen LogP contribution >= 0.6 is 15.9 Å². The van der Waals surface area contributed by atoms with Crippen LogP contribution in [0.3, 0.4) is 0 Å². The third-order valence-electron chi connectivity index (χ3n) is 2.79. The van der Waals surface area contributed by atoms with Gasteiger partial charge >= 0.3 is 0 Å². The maximum absolute atomic E-state index is 13.5. The van der Waals surface area contributed by atoms with Crippen LogP contribution in [0.25, 0.3) is 0 Å². The van der Waals surface area contributed by atoms with Gasteiger partial charge in [-0.05, 0) is 39.7 Å². The lowest BCUT2D eigenvalue weighted by molar-refractivity contribution is 0.421. The topological polar surface area (TPSA) is 56.3 Å². The highest BCUT2D eigenvalue weighted by molar-refractivity contribution is 9.10. The molecular weight excluding hydrogens is 380 g/mol. The van der Waals surface area contributed by atoms with Gasteiger partial charge < -0.3 is 4.74 Å². The fourth-order valence-corrected chi connectivity index (χ4v) is 2.98. The van der Waals surface area contributed by atoms with Gasteiger partial charge in [0.1, 0.15) is 5.82 Å². The average molecular weight is 392 g/mol. The van der Waals surface area contributed by atoms with Crippen LogP contribution in [0, 0.1) is 11.6 Å². The van der Waals surface area contributed by atoms with E-state index in [1.54, 1.807) is 6.92 Å². The Bertz CT molecular complexity index is 797. The van der Waals surface area contributed by atoms with Gasteiger partial charge in [0.05, 0.1) is 10.2 Å². The van der Waals surface area contributed by atoms with Crippen LogP contribution in [0.2, 0.25) is 0 Å². The summed E-state index contributed by atoms with van der Waals surface area (Å²) in [5.41, 5.74) is 0.487. The number of halogens is 3. The summed E-state index contributed by atoms with van der Waals surface area (Å²) in [6.45, 7) is 1.56. The number of aromatic nitrogens is 1. The number of benzene rings is 1. The monoisotopic (exact) mass is 391 g/mol. The first-order valence-electron chi connectivity index (χ1n) is 6.28. The van der Waals surface area contributed by atoms with E-state index < -0.39 is 21.5 Å². The van der Waals surface area contributed by atoms with Crippen molar-refractivity contribution in [1.29, 1.82) is 0 Å². The molecule has 1 aromatic carbocycles. The molecule has 8 heteroatoms. The Balaban J connectivity index is 2.23. The van der Waals surface area contributed by atoms with Crippen LogP contribution in [0.15, 0.2) is 34.9 Å². The zero-order valence-electron chi connectivity index (χ0n) is 11.5. The predicted octanol–water partition coefficient (Wildman–Crippen LogP) is 3.85. The van der Waals surface area contributed by atoms with E-state index in [-0.39, 0.29) is 23.1 Å². The molecule has 0 bridgehead atoms. The molecular formula is C14H12BrF2NO3S. The van der Waals surface area contributed by atoms with Crippen molar-refractivity contribution in [2.75, 3.05) is 5.75 Å². The zero-order chi connectivity index (χ0) is 16.3. The molecule has 22 heavy (non-hydrogen) atoms. The lowest BCUT2D eigenvalue weighted by atomic mass is 10.3. The summed E-state index contributed by atoms with van der Waals surface area (Å²) in [7, 11) is -3.18. The van der Waals surface area contributed by atoms with Crippen molar-refractivity contribution in [2.45, 2.75) is 12.7 Å². The van der Waals surface area contributed by atoms with Gasteiger partial charge in [0.25, 0.3) is 0 Å². The highest BCUT2D eigenvalue weighted by atomic mass is 79.9. The van der Waals surface area contributed by atoms with Crippen molar-refractivity contribution in [1.82, 2.24) is 4.98 Å². The summed E-state index contributed by atoms with van der Waals surface area (Å²) < 4.78 is 55.1. The van der Waals surface area contributed by atoms with E-state index in [4.69, 9.17) is 4.74 Å². The first kappa shape index (κ1) is 16.8. The van der Waals surface area contributed by atoms with Crippen molar-refractivity contribution in [3.63, 3.8) is 0 Å². The van der Waals surface area contributed by atoms with Crippen LogP contribution in [0.5, 0.6) is 11.6 Å². The molecule has 1 heterocycles. The number of hydrogen-bond acceptors (Lipinski definition) is 4. The highest BCUT2D eigenvalue weighted by Gasteiger charge is 2.13. The molecule has 0 aliphatic carbocycles. The Morgan fingerprint density at radius 1 is 1.27 bits per heavy atom. The third kappa shape index (κ3) is 4.23. The summed E-state index contributed by atoms with van der Waals surface area (Å²) in [4.78, 5) is 3.96. The van der Waals surface area contributed by atoms with Gasteiger partial charge in [-0.2, -0.15) is 0 Å². The minimum atomic E-state index is -3.18. The molecule has 0 saturated heterocycles. The van der Waals surface area contributed by atoms with Crippen LogP contribution < -0.4 is 4.74 Å². The molecule has 0 amide bonds. The number of ether oxygens (including phenoxy) is 1. The normalized spacial score (nSPS) is 11.5. The van der Waals surface area contributed by atoms with E-state index in [0.717, 1.165) is 12.1 Å². The number of pyridine rings is 1. The summed E-state index contributed by atoms with van der Waals surface area (Å²) in [6.07, 6.45) is 1.34. The summed E-state index contributed by atoms with van der Waals surface area (Å²) in [5, 5.41) is 0. The molecule has 0 aliphatic rings. The van der Waals surface area contributed by atoms with E-state index >= 15 is 0 Å². The maximum atomic E-state index is 13.5. The smallest absolute Gasteiger partial charge is 0.233 e. The van der Waals surface area contributed by atoms with Gasteiger partial charge in [0.15, 0.2) is 21.4 Å². The van der Waals surface area contributed by atoms with Crippen molar-refractivity contribution >= 4 is 25.8 Å². The second-order valence-corrected chi connectivity index (χ2v) is 7.69. The Morgan fingerprint density at radius 3 is 2.59 bits per heavy atom. The van der Waals surface area contributed by atoms with Gasteiger partial charge in [-0.15, -0.1) is 0 Å². The second-order valence-electron chi connectivity index (χ2n) is 4.48. The minimum Gasteiger partial charge on any atom is -0.435 e. The standard InChI is InChI=1S/C14H12BrF2NO3S/c1-2-22(19,20)8-9-5-11(15)14(18-7-9)21-13-4-3-10(16)6-12(13)17/h3-7H,2,8H2,1H3. The summed E-state index contributed by atoms with van der Waals surface area (Å²) in [6, 6.07) is 4.45. The fourth-order valence-electron chi connectivity index (χ4n) is 1.64. The lowest BCUT2D eigenvalue weighted by Crippen LogP contribution is -2.07. The first-order chi connectivity index (χ1) is 10.3. The molecule has 2 rings (SSSR count). The van der Waals surface area contributed by atoms with E-state index in [1.807, 2.05) is 0 Å². The number of nitrogens with zero attached hydrogens (tertiary/aromatic N) is 1. The molecule has 0 atom stereocenters. The van der Waals surface area contributed by atoms with E-state index in [2.05, 4.69) is 20.9 Å². The Kier molecular flexibility index (Phi) is 5.12. The van der Waals surface area contributed by atoms with Crippen LogP contribution in [-0.2, 0) is 15.6 Å². The van der Waals surface area contributed by atoms with Gasteiger partial charge in [0, 0.05) is 18.0 Å². The SMILES string of the molecule is CCS(=O)(=O)Cc1cnc(Oc2ccc(F)cc2F)c(Br)c1. The number of rotatable bonds is 5. The van der Waals surface area contributed by atoms with Crippen molar-refractivity contribution in [3.05, 3.63) is 52.1 Å². The summed E-state index contributed by atoms with van der Waals surface area (Å²) in [5.74, 6) is -1.79. The molecule has 4 nitrogen and oxygen atoms in total. The largest absolute Gasteiger partial charge is 0.435 e. The summed E-state index contributed by atoms with van der Waals surface area (Å²) >= 11 is 3.19. The molecule has 1 aromatic heterocycles. The average Bonchev–Trinajstić information content (AvgIpc) is 2.44. The third-order valence-corrected chi connectivity index (χ3v) is 5.01. The number of sulfone groups is 1. The van der Waals surface area contributed by atoms with Gasteiger partial charge in [0.2, 0.25) is 5.88 Å². The Hall–Kier alpha value is -1.54. The molecule has 0 aliphatic heterocycles. The zero-order valence-corrected chi connectivity index (χ0v) is 13.9. The van der Waals surface area contributed by atoms with Gasteiger partial charge in [-0.3, -0.25) is 0 Å². The van der Waals surface area contributed by atoms with Crippen LogP contribution in [0.1, 0.15) is 12.5 Å². The molecule has 0 saturated carbocycles. The molecule has 2 aromatic rings. The molecule has 118 valence electrons. The van der Waals surface area contributed by atoms with Crippen LogP contribution in [0.4, 0.5) is 8.78 Å². The molecule has 0 fully saturated rings. The quantitative estimate of drug-likeness (QED) is 0.776. The molecule has 0 N–H and O–H groups in total. The molecule has 0 unspecified atom stereocenters. The predicted molar refractivity (Wildman–Crippen MR) is 81.5 cm³/mol.